The molecule has 0 amide bonds. The molecule has 1 N–H and O–H groups in total. The van der Waals surface area contributed by atoms with Crippen molar-refractivity contribution < 1.29 is 9.47 Å². The van der Waals surface area contributed by atoms with E-state index in [0.29, 0.717) is 13.2 Å². The Kier molecular flexibility index (Phi) is 6.66. The highest BCUT2D eigenvalue weighted by Gasteiger charge is 2.06. The van der Waals surface area contributed by atoms with E-state index in [1.165, 1.54) is 10.9 Å². The van der Waals surface area contributed by atoms with Crippen LogP contribution in [0.25, 0.3) is 10.9 Å². The number of hydrogen-bond acceptors (Lipinski definition) is 4. The second-order valence-corrected chi connectivity index (χ2v) is 5.08. The molecular formula is C16H25N3O2. The molecule has 1 aromatic heterocycles. The SMILES string of the molecule is COCCOCCCCNCc1nn(C)c2ccccc12. The molecule has 2 aromatic rings. The number of hydrogen-bond donors (Lipinski definition) is 1. The maximum absolute atomic E-state index is 5.43. The number of nitrogens with one attached hydrogen (secondary N) is 1. The van der Waals surface area contributed by atoms with Gasteiger partial charge in [-0.2, -0.15) is 5.10 Å². The van der Waals surface area contributed by atoms with Gasteiger partial charge in [0.2, 0.25) is 0 Å². The van der Waals surface area contributed by atoms with E-state index in [2.05, 4.69) is 28.6 Å². The third kappa shape index (κ3) is 4.81. The van der Waals surface area contributed by atoms with E-state index >= 15 is 0 Å². The fourth-order valence-electron chi connectivity index (χ4n) is 2.32. The van der Waals surface area contributed by atoms with Crippen LogP contribution < -0.4 is 5.32 Å². The Morgan fingerprint density at radius 2 is 2.00 bits per heavy atom. The van der Waals surface area contributed by atoms with E-state index in [4.69, 9.17) is 9.47 Å². The van der Waals surface area contributed by atoms with Crippen LogP contribution in [0.4, 0.5) is 0 Å². The molecule has 21 heavy (non-hydrogen) atoms. The van der Waals surface area contributed by atoms with Gasteiger partial charge in [-0.05, 0) is 25.5 Å². The summed E-state index contributed by atoms with van der Waals surface area (Å²) in [6.45, 7) is 3.96. The predicted octanol–water partition coefficient (Wildman–Crippen LogP) is 2.11. The van der Waals surface area contributed by atoms with Crippen molar-refractivity contribution in [3.05, 3.63) is 30.0 Å². The van der Waals surface area contributed by atoms with Gasteiger partial charge in [-0.15, -0.1) is 0 Å². The van der Waals surface area contributed by atoms with E-state index in [1.807, 2.05) is 17.8 Å². The first kappa shape index (κ1) is 15.9. The number of ether oxygens (including phenoxy) is 2. The summed E-state index contributed by atoms with van der Waals surface area (Å²) in [5.74, 6) is 0. The number of nitrogens with zero attached hydrogens (tertiary/aromatic N) is 2. The van der Waals surface area contributed by atoms with Crippen LogP contribution in [0.15, 0.2) is 24.3 Å². The average molecular weight is 291 g/mol. The Morgan fingerprint density at radius 1 is 1.14 bits per heavy atom. The Bertz CT molecular complexity index is 539. The molecule has 0 saturated carbocycles. The van der Waals surface area contributed by atoms with Gasteiger partial charge < -0.3 is 14.8 Å². The van der Waals surface area contributed by atoms with Gasteiger partial charge in [0.25, 0.3) is 0 Å². The summed E-state index contributed by atoms with van der Waals surface area (Å²) in [7, 11) is 3.68. The van der Waals surface area contributed by atoms with Crippen LogP contribution >= 0.6 is 0 Å². The molecule has 0 atom stereocenters. The van der Waals surface area contributed by atoms with Gasteiger partial charge in [-0.25, -0.2) is 0 Å². The fraction of sp³-hybridized carbons (Fsp3) is 0.562. The van der Waals surface area contributed by atoms with Gasteiger partial charge in [0.15, 0.2) is 0 Å². The topological polar surface area (TPSA) is 48.3 Å². The first-order chi connectivity index (χ1) is 10.3. The molecule has 116 valence electrons. The molecule has 2 rings (SSSR count). The van der Waals surface area contributed by atoms with Crippen LogP contribution in [0.3, 0.4) is 0 Å². The van der Waals surface area contributed by atoms with Gasteiger partial charge in [0, 0.05) is 32.7 Å². The van der Waals surface area contributed by atoms with Crippen molar-refractivity contribution in [3.63, 3.8) is 0 Å². The van der Waals surface area contributed by atoms with Crippen molar-refractivity contribution in [1.82, 2.24) is 15.1 Å². The van der Waals surface area contributed by atoms with Gasteiger partial charge >= 0.3 is 0 Å². The number of benzene rings is 1. The summed E-state index contributed by atoms with van der Waals surface area (Å²) in [6.07, 6.45) is 2.18. The van der Waals surface area contributed by atoms with Crippen molar-refractivity contribution in [3.8, 4) is 0 Å². The van der Waals surface area contributed by atoms with E-state index < -0.39 is 0 Å². The van der Waals surface area contributed by atoms with Gasteiger partial charge in [0.1, 0.15) is 0 Å². The quantitative estimate of drug-likeness (QED) is 0.681. The van der Waals surface area contributed by atoms with Crippen LogP contribution in [-0.2, 0) is 23.1 Å². The van der Waals surface area contributed by atoms with Crippen molar-refractivity contribution >= 4 is 10.9 Å². The minimum atomic E-state index is 0.672. The maximum atomic E-state index is 5.43. The lowest BCUT2D eigenvalue weighted by Gasteiger charge is -2.04. The highest BCUT2D eigenvalue weighted by Crippen LogP contribution is 2.16. The summed E-state index contributed by atoms with van der Waals surface area (Å²) in [4.78, 5) is 0. The summed E-state index contributed by atoms with van der Waals surface area (Å²) in [5.41, 5.74) is 2.30. The Balaban J connectivity index is 1.64. The average Bonchev–Trinajstić information content (AvgIpc) is 2.83. The highest BCUT2D eigenvalue weighted by atomic mass is 16.5. The Hall–Kier alpha value is -1.43. The second kappa shape index (κ2) is 8.77. The highest BCUT2D eigenvalue weighted by molar-refractivity contribution is 5.81. The maximum Gasteiger partial charge on any atom is 0.0841 e. The zero-order valence-electron chi connectivity index (χ0n) is 13.0. The zero-order valence-corrected chi connectivity index (χ0v) is 13.0. The lowest BCUT2D eigenvalue weighted by atomic mass is 10.2. The molecule has 0 bridgehead atoms. The number of para-hydroxylation sites is 1. The molecule has 0 saturated heterocycles. The van der Waals surface area contributed by atoms with Crippen LogP contribution in [0.1, 0.15) is 18.5 Å². The number of fused-ring (bicyclic) bond motifs is 1. The van der Waals surface area contributed by atoms with Crippen LogP contribution in [0.5, 0.6) is 0 Å². The third-order valence-electron chi connectivity index (χ3n) is 3.45. The van der Waals surface area contributed by atoms with E-state index in [9.17, 15) is 0 Å². The molecule has 0 aliphatic carbocycles. The summed E-state index contributed by atoms with van der Waals surface area (Å²) in [6, 6.07) is 8.34. The normalized spacial score (nSPS) is 11.3. The molecular weight excluding hydrogens is 266 g/mol. The number of aryl methyl sites for hydroxylation is 1. The standard InChI is InChI=1S/C16H25N3O2/c1-19-16-8-4-3-7-14(16)15(18-19)13-17-9-5-6-10-21-12-11-20-2/h3-4,7-8,17H,5-6,9-13H2,1-2H3. The molecule has 0 spiro atoms. The molecule has 1 heterocycles. The number of aromatic nitrogens is 2. The van der Waals surface area contributed by atoms with Crippen LogP contribution in [-0.4, -0.2) is 43.3 Å². The number of rotatable bonds is 10. The smallest absolute Gasteiger partial charge is 0.0841 e. The minimum Gasteiger partial charge on any atom is -0.382 e. The fourth-order valence-corrected chi connectivity index (χ4v) is 2.32. The van der Waals surface area contributed by atoms with Gasteiger partial charge in [-0.3, -0.25) is 4.68 Å². The molecule has 0 radical (unpaired) electrons. The molecule has 5 heteroatoms. The van der Waals surface area contributed by atoms with E-state index in [0.717, 1.165) is 38.2 Å². The van der Waals surface area contributed by atoms with E-state index in [1.54, 1.807) is 7.11 Å². The molecule has 0 aliphatic heterocycles. The summed E-state index contributed by atoms with van der Waals surface area (Å²) in [5, 5.41) is 9.26. The lowest BCUT2D eigenvalue weighted by Crippen LogP contribution is -2.16. The lowest BCUT2D eigenvalue weighted by molar-refractivity contribution is 0.0688. The molecule has 0 unspecified atom stereocenters. The summed E-state index contributed by atoms with van der Waals surface area (Å²) < 4.78 is 12.3. The molecule has 0 fully saturated rings. The van der Waals surface area contributed by atoms with Crippen molar-refractivity contribution in [1.29, 1.82) is 0 Å². The zero-order chi connectivity index (χ0) is 14.9. The number of methoxy groups -OCH3 is 1. The molecule has 0 aliphatic rings. The molecule has 5 nitrogen and oxygen atoms in total. The van der Waals surface area contributed by atoms with Crippen molar-refractivity contribution in [2.45, 2.75) is 19.4 Å². The largest absolute Gasteiger partial charge is 0.382 e. The first-order valence-corrected chi connectivity index (χ1v) is 7.51. The second-order valence-electron chi connectivity index (χ2n) is 5.08. The third-order valence-corrected chi connectivity index (χ3v) is 3.45. The summed E-state index contributed by atoms with van der Waals surface area (Å²) >= 11 is 0. The molecule has 1 aromatic carbocycles. The monoisotopic (exact) mass is 291 g/mol. The van der Waals surface area contributed by atoms with Gasteiger partial charge in [0.05, 0.1) is 24.4 Å². The van der Waals surface area contributed by atoms with Crippen molar-refractivity contribution in [2.75, 3.05) is 33.5 Å². The van der Waals surface area contributed by atoms with Crippen LogP contribution in [0.2, 0.25) is 0 Å². The van der Waals surface area contributed by atoms with Crippen LogP contribution in [0, 0.1) is 0 Å². The Morgan fingerprint density at radius 3 is 2.86 bits per heavy atom. The number of unbranched alkanes of at least 4 members (excludes halogenated alkanes) is 1. The minimum absolute atomic E-state index is 0.672. The van der Waals surface area contributed by atoms with Gasteiger partial charge in [-0.1, -0.05) is 18.2 Å². The van der Waals surface area contributed by atoms with Crippen molar-refractivity contribution in [2.24, 2.45) is 7.05 Å². The van der Waals surface area contributed by atoms with E-state index in [-0.39, 0.29) is 0 Å². The first-order valence-electron chi connectivity index (χ1n) is 7.51. The Labute approximate surface area is 126 Å². The predicted molar refractivity (Wildman–Crippen MR) is 84.3 cm³/mol.